The summed E-state index contributed by atoms with van der Waals surface area (Å²) in [5, 5.41) is 2.02. The van der Waals surface area contributed by atoms with Gasteiger partial charge in [-0.1, -0.05) is 30.8 Å². The number of thiophene rings is 1. The van der Waals surface area contributed by atoms with Crippen LogP contribution >= 0.6 is 11.3 Å². The van der Waals surface area contributed by atoms with Crippen LogP contribution in [0.5, 0.6) is 0 Å². The molecule has 3 rings (SSSR count). The number of β-lactam (4-membered cyclic amide) rings is 1. The fraction of sp³-hybridized carbons (Fsp3) is 0.0714. The summed E-state index contributed by atoms with van der Waals surface area (Å²) in [7, 11) is 0. The van der Waals surface area contributed by atoms with E-state index in [0.717, 1.165) is 5.69 Å². The van der Waals surface area contributed by atoms with Crippen molar-refractivity contribution in [3.8, 4) is 0 Å². The zero-order valence-corrected chi connectivity index (χ0v) is 9.98. The Kier molecular flexibility index (Phi) is 2.34. The number of hydrogen-bond acceptors (Lipinski definition) is 2. The van der Waals surface area contributed by atoms with E-state index < -0.39 is 0 Å². The van der Waals surface area contributed by atoms with Crippen LogP contribution in [0.1, 0.15) is 10.9 Å². The van der Waals surface area contributed by atoms with Gasteiger partial charge in [-0.25, -0.2) is 0 Å². The Morgan fingerprint density at radius 2 is 1.88 bits per heavy atom. The highest BCUT2D eigenvalue weighted by atomic mass is 32.1. The summed E-state index contributed by atoms with van der Waals surface area (Å²) in [6.45, 7) is 3.87. The van der Waals surface area contributed by atoms with Gasteiger partial charge in [0.05, 0.1) is 0 Å². The summed E-state index contributed by atoms with van der Waals surface area (Å²) < 4.78 is 0. The third-order valence-corrected chi connectivity index (χ3v) is 3.85. The Bertz CT molecular complexity index is 559. The summed E-state index contributed by atoms with van der Waals surface area (Å²) in [5.74, 6) is 0.0228. The second-order valence-corrected chi connectivity index (χ2v) is 4.93. The van der Waals surface area contributed by atoms with Crippen molar-refractivity contribution in [2.45, 2.75) is 6.04 Å². The highest BCUT2D eigenvalue weighted by Gasteiger charge is 2.42. The molecule has 17 heavy (non-hydrogen) atoms. The van der Waals surface area contributed by atoms with E-state index in [1.807, 2.05) is 47.8 Å². The van der Waals surface area contributed by atoms with Crippen molar-refractivity contribution in [3.63, 3.8) is 0 Å². The highest BCUT2D eigenvalue weighted by molar-refractivity contribution is 7.10. The molecular weight excluding hydrogens is 230 g/mol. The SMILES string of the molecule is C=C1C(=O)N(c2ccccc2)C1c1cccs1. The molecule has 0 bridgehead atoms. The Balaban J connectivity index is 1.99. The van der Waals surface area contributed by atoms with E-state index >= 15 is 0 Å². The van der Waals surface area contributed by atoms with Gasteiger partial charge in [0.1, 0.15) is 6.04 Å². The number of carbonyl (C=O) groups is 1. The van der Waals surface area contributed by atoms with Crippen LogP contribution in [0.15, 0.2) is 60.0 Å². The normalized spacial score (nSPS) is 19.3. The largest absolute Gasteiger partial charge is 0.296 e. The summed E-state index contributed by atoms with van der Waals surface area (Å²) in [6, 6.07) is 13.8. The number of benzene rings is 1. The second-order valence-electron chi connectivity index (χ2n) is 3.95. The van der Waals surface area contributed by atoms with E-state index in [0.29, 0.717) is 5.57 Å². The lowest BCUT2D eigenvalue weighted by atomic mass is 9.93. The molecule has 0 radical (unpaired) electrons. The highest BCUT2D eigenvalue weighted by Crippen LogP contribution is 2.43. The fourth-order valence-corrected chi connectivity index (χ4v) is 2.93. The van der Waals surface area contributed by atoms with Gasteiger partial charge in [0.25, 0.3) is 5.91 Å². The molecule has 1 aliphatic rings. The van der Waals surface area contributed by atoms with Crippen molar-refractivity contribution in [1.29, 1.82) is 0 Å². The first-order chi connectivity index (χ1) is 8.29. The minimum absolute atomic E-state index is 0.0184. The molecule has 1 amide bonds. The third-order valence-electron chi connectivity index (χ3n) is 2.93. The monoisotopic (exact) mass is 241 g/mol. The van der Waals surface area contributed by atoms with Gasteiger partial charge in [-0.3, -0.25) is 9.69 Å². The molecule has 1 atom stereocenters. The number of carbonyl (C=O) groups excluding carboxylic acids is 1. The van der Waals surface area contributed by atoms with E-state index in [4.69, 9.17) is 0 Å². The van der Waals surface area contributed by atoms with Gasteiger partial charge >= 0.3 is 0 Å². The average molecular weight is 241 g/mol. The first kappa shape index (κ1) is 10.3. The standard InChI is InChI=1S/C14H11NOS/c1-10-13(12-8-5-9-17-12)15(14(10)16)11-6-3-2-4-7-11/h2-9,13H,1H2. The van der Waals surface area contributed by atoms with Gasteiger partial charge in [-0.2, -0.15) is 0 Å². The maximum Gasteiger partial charge on any atom is 0.256 e. The molecule has 2 heterocycles. The molecule has 84 valence electrons. The predicted molar refractivity (Wildman–Crippen MR) is 70.1 cm³/mol. The predicted octanol–water partition coefficient (Wildman–Crippen LogP) is 3.39. The molecule has 3 heteroatoms. The molecule has 0 N–H and O–H groups in total. The van der Waals surface area contributed by atoms with Crippen LogP contribution in [-0.4, -0.2) is 5.91 Å². The Morgan fingerprint density at radius 3 is 2.53 bits per heavy atom. The molecular formula is C14H11NOS. The number of para-hydroxylation sites is 1. The van der Waals surface area contributed by atoms with Crippen molar-refractivity contribution in [1.82, 2.24) is 0 Å². The number of anilines is 1. The van der Waals surface area contributed by atoms with E-state index in [1.165, 1.54) is 4.88 Å². The number of hydrogen-bond donors (Lipinski definition) is 0. The van der Waals surface area contributed by atoms with Crippen LogP contribution in [-0.2, 0) is 4.79 Å². The lowest BCUT2D eigenvalue weighted by Crippen LogP contribution is -2.48. The molecule has 1 unspecified atom stereocenters. The smallest absolute Gasteiger partial charge is 0.256 e. The van der Waals surface area contributed by atoms with Crippen molar-refractivity contribution in [2.75, 3.05) is 4.90 Å². The van der Waals surface area contributed by atoms with Crippen LogP contribution in [0.4, 0.5) is 5.69 Å². The number of nitrogens with zero attached hydrogens (tertiary/aromatic N) is 1. The molecule has 0 spiro atoms. The molecule has 1 saturated heterocycles. The lowest BCUT2D eigenvalue weighted by molar-refractivity contribution is -0.118. The summed E-state index contributed by atoms with van der Waals surface area (Å²) in [6.07, 6.45) is 0. The van der Waals surface area contributed by atoms with E-state index in [-0.39, 0.29) is 11.9 Å². The topological polar surface area (TPSA) is 20.3 Å². The van der Waals surface area contributed by atoms with Crippen molar-refractivity contribution in [3.05, 3.63) is 64.9 Å². The molecule has 0 saturated carbocycles. The first-order valence-electron chi connectivity index (χ1n) is 5.40. The lowest BCUT2D eigenvalue weighted by Gasteiger charge is -2.41. The zero-order chi connectivity index (χ0) is 11.8. The Hall–Kier alpha value is -1.87. The summed E-state index contributed by atoms with van der Waals surface area (Å²) in [4.78, 5) is 14.9. The van der Waals surface area contributed by atoms with Crippen molar-refractivity contribution >= 4 is 22.9 Å². The van der Waals surface area contributed by atoms with E-state index in [1.54, 1.807) is 16.2 Å². The average Bonchev–Trinajstić information content (AvgIpc) is 2.88. The Morgan fingerprint density at radius 1 is 1.12 bits per heavy atom. The molecule has 0 aliphatic carbocycles. The van der Waals surface area contributed by atoms with Gasteiger partial charge in [0.15, 0.2) is 0 Å². The van der Waals surface area contributed by atoms with Gasteiger partial charge in [0, 0.05) is 16.1 Å². The maximum atomic E-state index is 11.9. The molecule has 1 aromatic heterocycles. The molecule has 1 aliphatic heterocycles. The number of rotatable bonds is 2. The van der Waals surface area contributed by atoms with Crippen LogP contribution < -0.4 is 4.90 Å². The van der Waals surface area contributed by atoms with Gasteiger partial charge in [-0.15, -0.1) is 11.3 Å². The van der Waals surface area contributed by atoms with E-state index in [9.17, 15) is 4.79 Å². The minimum Gasteiger partial charge on any atom is -0.296 e. The van der Waals surface area contributed by atoms with Crippen LogP contribution in [0.2, 0.25) is 0 Å². The van der Waals surface area contributed by atoms with Gasteiger partial charge in [-0.05, 0) is 23.6 Å². The zero-order valence-electron chi connectivity index (χ0n) is 9.17. The van der Waals surface area contributed by atoms with Crippen LogP contribution in [0.3, 0.4) is 0 Å². The van der Waals surface area contributed by atoms with Crippen LogP contribution in [0, 0.1) is 0 Å². The van der Waals surface area contributed by atoms with Gasteiger partial charge in [0.2, 0.25) is 0 Å². The summed E-state index contributed by atoms with van der Waals surface area (Å²) >= 11 is 1.66. The first-order valence-corrected chi connectivity index (χ1v) is 6.28. The molecule has 1 aromatic carbocycles. The fourth-order valence-electron chi connectivity index (χ4n) is 2.08. The Labute approximate surface area is 104 Å². The third kappa shape index (κ3) is 1.51. The maximum absolute atomic E-state index is 11.9. The van der Waals surface area contributed by atoms with E-state index in [2.05, 4.69) is 6.58 Å². The quantitative estimate of drug-likeness (QED) is 0.583. The summed E-state index contributed by atoms with van der Waals surface area (Å²) in [5.41, 5.74) is 1.61. The molecule has 2 nitrogen and oxygen atoms in total. The van der Waals surface area contributed by atoms with Gasteiger partial charge < -0.3 is 0 Å². The molecule has 1 fully saturated rings. The minimum atomic E-state index is 0.0184. The number of amides is 1. The van der Waals surface area contributed by atoms with Crippen molar-refractivity contribution < 1.29 is 4.79 Å². The van der Waals surface area contributed by atoms with Crippen molar-refractivity contribution in [2.24, 2.45) is 0 Å². The molecule has 2 aromatic rings. The van der Waals surface area contributed by atoms with Crippen LogP contribution in [0.25, 0.3) is 0 Å². The second kappa shape index (κ2) is 3.86.